The lowest BCUT2D eigenvalue weighted by atomic mass is 10.3. The molecule has 0 heterocycles. The molecule has 2 aromatic rings. The molecule has 0 aliphatic carbocycles. The molecule has 2 rings (SSSR count). The standard InChI is InChI=1S/C20H25FN2O5S/c1-2-27-17-7-9-18(10-8-17)28-15-14-22-20(24)4-3-13-23-29(25,26)19-11-5-16(21)6-12-19/h5-12,23H,2-4,13-15H2,1H3,(H,22,24). The Kier molecular flexibility index (Phi) is 8.88. The third-order valence-corrected chi connectivity index (χ3v) is 5.30. The van der Waals surface area contributed by atoms with Gasteiger partial charge in [0.2, 0.25) is 15.9 Å². The van der Waals surface area contributed by atoms with Crippen molar-refractivity contribution in [3.8, 4) is 11.5 Å². The van der Waals surface area contributed by atoms with Gasteiger partial charge in [0.1, 0.15) is 23.9 Å². The SMILES string of the molecule is CCOc1ccc(OCCNC(=O)CCCNS(=O)(=O)c2ccc(F)cc2)cc1. The van der Waals surface area contributed by atoms with Crippen molar-refractivity contribution >= 4 is 15.9 Å². The highest BCUT2D eigenvalue weighted by Gasteiger charge is 2.13. The molecule has 1 amide bonds. The van der Waals surface area contributed by atoms with E-state index in [9.17, 15) is 17.6 Å². The third kappa shape index (κ3) is 8.08. The van der Waals surface area contributed by atoms with Crippen molar-refractivity contribution in [1.82, 2.24) is 10.0 Å². The lowest BCUT2D eigenvalue weighted by molar-refractivity contribution is -0.121. The van der Waals surface area contributed by atoms with Crippen LogP contribution in [0.5, 0.6) is 11.5 Å². The Labute approximate surface area is 170 Å². The fourth-order valence-corrected chi connectivity index (χ4v) is 3.47. The minimum Gasteiger partial charge on any atom is -0.494 e. The quantitative estimate of drug-likeness (QED) is 0.511. The minimum atomic E-state index is -3.71. The summed E-state index contributed by atoms with van der Waals surface area (Å²) in [5.74, 6) is 0.745. The summed E-state index contributed by atoms with van der Waals surface area (Å²) in [6.45, 7) is 3.27. The van der Waals surface area contributed by atoms with Crippen LogP contribution in [0.1, 0.15) is 19.8 Å². The van der Waals surface area contributed by atoms with E-state index in [0.29, 0.717) is 31.9 Å². The fourth-order valence-electron chi connectivity index (χ4n) is 2.40. The molecule has 29 heavy (non-hydrogen) atoms. The van der Waals surface area contributed by atoms with E-state index in [0.717, 1.165) is 17.9 Å². The summed E-state index contributed by atoms with van der Waals surface area (Å²) in [6, 6.07) is 11.7. The lowest BCUT2D eigenvalue weighted by Gasteiger charge is -2.09. The minimum absolute atomic E-state index is 0.0187. The molecule has 0 atom stereocenters. The van der Waals surface area contributed by atoms with Gasteiger partial charge in [-0.25, -0.2) is 17.5 Å². The van der Waals surface area contributed by atoms with Gasteiger partial charge in [-0.05, 0) is 61.9 Å². The normalized spacial score (nSPS) is 11.1. The number of sulfonamides is 1. The van der Waals surface area contributed by atoms with Crippen LogP contribution in [0.2, 0.25) is 0 Å². The van der Waals surface area contributed by atoms with Crippen LogP contribution >= 0.6 is 0 Å². The van der Waals surface area contributed by atoms with Crippen molar-refractivity contribution in [2.45, 2.75) is 24.7 Å². The second-order valence-corrected chi connectivity index (χ2v) is 7.83. The van der Waals surface area contributed by atoms with Crippen LogP contribution in [0.4, 0.5) is 4.39 Å². The van der Waals surface area contributed by atoms with Gasteiger partial charge < -0.3 is 14.8 Å². The molecule has 0 aliphatic rings. The lowest BCUT2D eigenvalue weighted by Crippen LogP contribution is -2.30. The van der Waals surface area contributed by atoms with E-state index >= 15 is 0 Å². The number of rotatable bonds is 12. The van der Waals surface area contributed by atoms with Crippen LogP contribution in [0.25, 0.3) is 0 Å². The van der Waals surface area contributed by atoms with E-state index in [1.807, 2.05) is 19.1 Å². The van der Waals surface area contributed by atoms with Gasteiger partial charge in [0, 0.05) is 13.0 Å². The van der Waals surface area contributed by atoms with Crippen LogP contribution < -0.4 is 19.5 Å². The average Bonchev–Trinajstić information content (AvgIpc) is 2.70. The van der Waals surface area contributed by atoms with E-state index in [2.05, 4.69) is 10.0 Å². The summed E-state index contributed by atoms with van der Waals surface area (Å²) in [6.07, 6.45) is 0.515. The van der Waals surface area contributed by atoms with Gasteiger partial charge in [-0.1, -0.05) is 0 Å². The molecule has 0 bridgehead atoms. The van der Waals surface area contributed by atoms with Crippen LogP contribution in [0.15, 0.2) is 53.4 Å². The van der Waals surface area contributed by atoms with E-state index in [4.69, 9.17) is 9.47 Å². The summed E-state index contributed by atoms with van der Waals surface area (Å²) in [5, 5.41) is 2.71. The Hall–Kier alpha value is -2.65. The van der Waals surface area contributed by atoms with Crippen molar-refractivity contribution in [2.75, 3.05) is 26.3 Å². The van der Waals surface area contributed by atoms with Gasteiger partial charge in [0.15, 0.2) is 0 Å². The molecule has 0 aliphatic heterocycles. The first-order valence-corrected chi connectivity index (χ1v) is 10.8. The zero-order chi connectivity index (χ0) is 21.1. The number of amides is 1. The largest absolute Gasteiger partial charge is 0.494 e. The maximum absolute atomic E-state index is 12.9. The summed E-state index contributed by atoms with van der Waals surface area (Å²) < 4.78 is 50.2. The Balaban J connectivity index is 1.59. The maximum Gasteiger partial charge on any atom is 0.240 e. The molecular formula is C20H25FN2O5S. The van der Waals surface area contributed by atoms with Crippen molar-refractivity contribution in [3.05, 3.63) is 54.3 Å². The van der Waals surface area contributed by atoms with Gasteiger partial charge >= 0.3 is 0 Å². The van der Waals surface area contributed by atoms with Crippen LogP contribution in [-0.4, -0.2) is 40.6 Å². The van der Waals surface area contributed by atoms with Gasteiger partial charge in [-0.15, -0.1) is 0 Å². The Morgan fingerprint density at radius 3 is 2.21 bits per heavy atom. The van der Waals surface area contributed by atoms with E-state index in [-0.39, 0.29) is 23.8 Å². The van der Waals surface area contributed by atoms with Crippen molar-refractivity contribution < 1.29 is 27.1 Å². The molecule has 0 saturated heterocycles. The second kappa shape index (κ2) is 11.4. The van der Waals surface area contributed by atoms with Crippen LogP contribution in [0, 0.1) is 5.82 Å². The number of halogens is 1. The molecule has 9 heteroatoms. The number of hydrogen-bond acceptors (Lipinski definition) is 5. The monoisotopic (exact) mass is 424 g/mol. The molecule has 2 N–H and O–H groups in total. The maximum atomic E-state index is 12.9. The Bertz CT molecular complexity index is 871. The van der Waals surface area contributed by atoms with E-state index in [1.54, 1.807) is 12.1 Å². The van der Waals surface area contributed by atoms with Crippen LogP contribution in [0.3, 0.4) is 0 Å². The van der Waals surface area contributed by atoms with Gasteiger partial charge in [0.25, 0.3) is 0 Å². The first-order chi connectivity index (χ1) is 13.9. The molecule has 0 fully saturated rings. The Morgan fingerprint density at radius 2 is 1.59 bits per heavy atom. The molecule has 0 aromatic heterocycles. The fraction of sp³-hybridized carbons (Fsp3) is 0.350. The predicted octanol–water partition coefficient (Wildman–Crippen LogP) is 2.48. The molecule has 0 saturated carbocycles. The molecule has 2 aromatic carbocycles. The first kappa shape index (κ1) is 22.6. The number of benzene rings is 2. The number of carbonyl (C=O) groups is 1. The smallest absolute Gasteiger partial charge is 0.240 e. The summed E-state index contributed by atoms with van der Waals surface area (Å²) in [7, 11) is -3.71. The molecular weight excluding hydrogens is 399 g/mol. The number of carbonyl (C=O) groups excluding carboxylic acids is 1. The van der Waals surface area contributed by atoms with E-state index < -0.39 is 15.8 Å². The highest BCUT2D eigenvalue weighted by atomic mass is 32.2. The summed E-state index contributed by atoms with van der Waals surface area (Å²) in [5.41, 5.74) is 0. The predicted molar refractivity (Wildman–Crippen MR) is 107 cm³/mol. The van der Waals surface area contributed by atoms with Crippen molar-refractivity contribution in [3.63, 3.8) is 0 Å². The van der Waals surface area contributed by atoms with Gasteiger partial charge in [-0.2, -0.15) is 0 Å². The number of nitrogens with one attached hydrogen (secondary N) is 2. The molecule has 158 valence electrons. The topological polar surface area (TPSA) is 93.7 Å². The van der Waals surface area contributed by atoms with Gasteiger partial charge in [0.05, 0.1) is 18.0 Å². The Morgan fingerprint density at radius 1 is 0.966 bits per heavy atom. The van der Waals surface area contributed by atoms with Crippen molar-refractivity contribution in [1.29, 1.82) is 0 Å². The molecule has 0 spiro atoms. The van der Waals surface area contributed by atoms with E-state index in [1.165, 1.54) is 12.1 Å². The first-order valence-electron chi connectivity index (χ1n) is 9.28. The van der Waals surface area contributed by atoms with Crippen molar-refractivity contribution in [2.24, 2.45) is 0 Å². The highest BCUT2D eigenvalue weighted by Crippen LogP contribution is 2.17. The molecule has 0 radical (unpaired) electrons. The highest BCUT2D eigenvalue weighted by molar-refractivity contribution is 7.89. The average molecular weight is 424 g/mol. The van der Waals surface area contributed by atoms with Crippen LogP contribution in [-0.2, 0) is 14.8 Å². The zero-order valence-electron chi connectivity index (χ0n) is 16.2. The van der Waals surface area contributed by atoms with Gasteiger partial charge in [-0.3, -0.25) is 4.79 Å². The molecule has 7 nitrogen and oxygen atoms in total. The number of hydrogen-bond donors (Lipinski definition) is 2. The summed E-state index contributed by atoms with van der Waals surface area (Å²) in [4.78, 5) is 11.8. The molecule has 0 unspecified atom stereocenters. The zero-order valence-corrected chi connectivity index (χ0v) is 17.0. The number of ether oxygens (including phenoxy) is 2. The summed E-state index contributed by atoms with van der Waals surface area (Å²) >= 11 is 0. The third-order valence-electron chi connectivity index (χ3n) is 3.82. The second-order valence-electron chi connectivity index (χ2n) is 6.06.